The van der Waals surface area contributed by atoms with Gasteiger partial charge < -0.3 is 24.8 Å². The molecule has 0 bridgehead atoms. The topological polar surface area (TPSA) is 197 Å². The molecule has 19 heteroatoms. The van der Waals surface area contributed by atoms with Crippen LogP contribution >= 0.6 is 0 Å². The quantitative estimate of drug-likeness (QED) is 0.287. The first kappa shape index (κ1) is 43.9. The molecular weight excluding hydrogens is 798 g/mol. The summed E-state index contributed by atoms with van der Waals surface area (Å²) in [6.07, 6.45) is -2.13. The van der Waals surface area contributed by atoms with Crippen LogP contribution in [0.15, 0.2) is 30.4 Å². The van der Waals surface area contributed by atoms with Gasteiger partial charge in [-0.15, -0.1) is 0 Å². The van der Waals surface area contributed by atoms with Crippen LogP contribution in [0, 0.1) is 17.8 Å². The Morgan fingerprint density at radius 2 is 1.80 bits per heavy atom. The van der Waals surface area contributed by atoms with E-state index in [-0.39, 0.29) is 36.4 Å². The van der Waals surface area contributed by atoms with Crippen molar-refractivity contribution in [2.24, 2.45) is 17.8 Å². The lowest BCUT2D eigenvalue weighted by molar-refractivity contribution is -0.146. The molecule has 1 saturated heterocycles. The third-order valence-electron chi connectivity index (χ3n) is 11.9. The van der Waals surface area contributed by atoms with Crippen LogP contribution in [0.5, 0.6) is 11.6 Å². The van der Waals surface area contributed by atoms with Crippen LogP contribution in [0.4, 0.5) is 18.0 Å². The van der Waals surface area contributed by atoms with E-state index in [1.807, 2.05) is 13.0 Å². The number of fused-ring (bicyclic) bond motifs is 3. The molecule has 0 unspecified atom stereocenters. The molecule has 1 aromatic heterocycles. The Hall–Kier alpha value is -4.68. The summed E-state index contributed by atoms with van der Waals surface area (Å²) in [4.78, 5) is 66.6. The number of alkyl halides is 3. The average molecular weight is 851 g/mol. The Morgan fingerprint density at radius 3 is 2.41 bits per heavy atom. The number of aromatic nitrogens is 2. The number of hydrogen-bond donors (Lipinski definition) is 3. The van der Waals surface area contributed by atoms with Crippen molar-refractivity contribution in [1.29, 1.82) is 0 Å². The average Bonchev–Trinajstić information content (AvgIpc) is 4.00. The van der Waals surface area contributed by atoms with E-state index in [9.17, 15) is 41.1 Å². The molecule has 1 aromatic carbocycles. The lowest BCUT2D eigenvalue weighted by Crippen LogP contribution is -2.62. The van der Waals surface area contributed by atoms with Gasteiger partial charge >= 0.3 is 12.3 Å². The molecule has 0 spiro atoms. The normalized spacial score (nSPS) is 28.7. The molecule has 6 rings (SSSR count). The number of carbonyl (C=O) groups excluding carboxylic acids is 3. The summed E-state index contributed by atoms with van der Waals surface area (Å²) in [7, 11) is -4.12. The van der Waals surface area contributed by atoms with Crippen LogP contribution < -0.4 is 19.5 Å². The predicted molar refractivity (Wildman–Crippen MR) is 209 cm³/mol. The first-order valence-corrected chi connectivity index (χ1v) is 21.5. The van der Waals surface area contributed by atoms with Crippen molar-refractivity contribution in [3.63, 3.8) is 0 Å². The molecule has 4 aliphatic rings. The van der Waals surface area contributed by atoms with Crippen LogP contribution in [0.25, 0.3) is 11.0 Å². The number of carboxylic acid groups (broad SMARTS) is 1. The zero-order valence-corrected chi connectivity index (χ0v) is 35.1. The molecule has 59 heavy (non-hydrogen) atoms. The lowest BCUT2D eigenvalue weighted by Gasteiger charge is -2.43. The fourth-order valence-electron chi connectivity index (χ4n) is 8.26. The number of amides is 4. The minimum Gasteiger partial charge on any atom is -0.494 e. The van der Waals surface area contributed by atoms with Crippen molar-refractivity contribution in [3.05, 3.63) is 36.0 Å². The van der Waals surface area contributed by atoms with Gasteiger partial charge in [-0.3, -0.25) is 24.0 Å². The van der Waals surface area contributed by atoms with Gasteiger partial charge in [0.25, 0.3) is 5.91 Å². The van der Waals surface area contributed by atoms with Gasteiger partial charge in [-0.25, -0.2) is 23.2 Å². The van der Waals surface area contributed by atoms with Crippen LogP contribution in [0.3, 0.4) is 0 Å². The van der Waals surface area contributed by atoms with E-state index in [1.165, 1.54) is 25.1 Å². The fraction of sp³-hybridized carbons (Fsp3) is 0.650. The maximum Gasteiger partial charge on any atom is 0.438 e. The number of allylic oxidation sites excluding steroid dienone is 1. The second kappa shape index (κ2) is 15.7. The second-order valence-corrected chi connectivity index (χ2v) is 19.9. The first-order chi connectivity index (χ1) is 27.4. The van der Waals surface area contributed by atoms with E-state index in [0.29, 0.717) is 37.9 Å². The van der Waals surface area contributed by atoms with E-state index < -0.39 is 104 Å². The molecule has 0 radical (unpaired) electrons. The highest BCUT2D eigenvalue weighted by atomic mass is 32.2. The third kappa shape index (κ3) is 8.94. The Labute approximate surface area is 341 Å². The van der Waals surface area contributed by atoms with Crippen molar-refractivity contribution < 1.29 is 55.3 Å². The monoisotopic (exact) mass is 850 g/mol. The maximum absolute atomic E-state index is 15.0. The summed E-state index contributed by atoms with van der Waals surface area (Å²) in [5, 5.41) is 13.3. The molecular formula is C40H53F3N6O9S. The summed E-state index contributed by atoms with van der Waals surface area (Å²) in [6.45, 7) is 11.7. The number of benzene rings is 1. The zero-order chi connectivity index (χ0) is 43.5. The Morgan fingerprint density at radius 1 is 1.10 bits per heavy atom. The number of nitrogens with zero attached hydrogens (tertiary/aromatic N) is 4. The van der Waals surface area contributed by atoms with E-state index >= 15 is 4.79 Å². The number of sulfonamides is 1. The fourth-order valence-corrected chi connectivity index (χ4v) is 9.58. The summed E-state index contributed by atoms with van der Waals surface area (Å²) >= 11 is 0. The summed E-state index contributed by atoms with van der Waals surface area (Å²) < 4.78 is 82.4. The molecule has 2 aliphatic carbocycles. The van der Waals surface area contributed by atoms with Gasteiger partial charge in [0.2, 0.25) is 33.4 Å². The van der Waals surface area contributed by atoms with Crippen LogP contribution in [0.1, 0.15) is 99.1 Å². The van der Waals surface area contributed by atoms with E-state index in [0.717, 1.165) is 9.80 Å². The number of halogens is 3. The van der Waals surface area contributed by atoms with Crippen molar-refractivity contribution >= 4 is 44.9 Å². The molecule has 324 valence electrons. The smallest absolute Gasteiger partial charge is 0.438 e. The van der Waals surface area contributed by atoms with Gasteiger partial charge in [-0.1, -0.05) is 26.0 Å². The SMILES string of the molecule is CCOc1ccc2nc(C(F)(F)F)c(O[C@@H]3C[C@H]4C(=O)N[C@]5(C(=O)NS(=O)(=O)C6(C)CC6)C[C@H]5C=CCC[C@H](C)C[C@@H](C)[C@H](N(C(=O)O)C(C)(C)C)C(=O)N4C3)nc2c1. The molecule has 3 heterocycles. The summed E-state index contributed by atoms with van der Waals surface area (Å²) in [6, 6.07) is 1.36. The first-order valence-electron chi connectivity index (χ1n) is 20.0. The number of carbonyl (C=O) groups is 4. The number of rotatable bonds is 8. The molecule has 2 aromatic rings. The van der Waals surface area contributed by atoms with E-state index in [4.69, 9.17) is 9.47 Å². The van der Waals surface area contributed by atoms with Gasteiger partial charge in [0, 0.05) is 23.9 Å². The molecule has 7 atom stereocenters. The summed E-state index contributed by atoms with van der Waals surface area (Å²) in [5.74, 6) is -4.39. The number of nitrogens with one attached hydrogen (secondary N) is 2. The molecule has 15 nitrogen and oxygen atoms in total. The third-order valence-corrected chi connectivity index (χ3v) is 14.0. The molecule has 2 saturated carbocycles. The molecule has 3 fully saturated rings. The van der Waals surface area contributed by atoms with Crippen molar-refractivity contribution in [2.45, 2.75) is 134 Å². The highest BCUT2D eigenvalue weighted by molar-refractivity contribution is 7.91. The Balaban J connectivity index is 1.42. The van der Waals surface area contributed by atoms with Gasteiger partial charge in [0.1, 0.15) is 29.5 Å². The minimum absolute atomic E-state index is 0.0110. The largest absolute Gasteiger partial charge is 0.494 e. The zero-order valence-electron chi connectivity index (χ0n) is 34.3. The van der Waals surface area contributed by atoms with Crippen molar-refractivity contribution in [1.82, 2.24) is 29.8 Å². The van der Waals surface area contributed by atoms with Gasteiger partial charge in [-0.05, 0) is 97.1 Å². The predicted octanol–water partition coefficient (Wildman–Crippen LogP) is 5.43. The lowest BCUT2D eigenvalue weighted by atomic mass is 9.85. The highest BCUT2D eigenvalue weighted by Gasteiger charge is 2.63. The molecule has 2 aliphatic heterocycles. The van der Waals surface area contributed by atoms with Gasteiger partial charge in [-0.2, -0.15) is 13.2 Å². The second-order valence-electron chi connectivity index (χ2n) is 17.7. The molecule has 3 N–H and O–H groups in total. The minimum atomic E-state index is -5.02. The van der Waals surface area contributed by atoms with Crippen molar-refractivity contribution in [2.75, 3.05) is 13.2 Å². The van der Waals surface area contributed by atoms with Crippen molar-refractivity contribution in [3.8, 4) is 11.6 Å². The Bertz CT molecular complexity index is 2140. The van der Waals surface area contributed by atoms with E-state index in [1.54, 1.807) is 40.7 Å². The highest BCUT2D eigenvalue weighted by Crippen LogP contribution is 2.48. The Kier molecular flexibility index (Phi) is 11.7. The van der Waals surface area contributed by atoms with E-state index in [2.05, 4.69) is 20.0 Å². The maximum atomic E-state index is 15.0. The standard InChI is InChI=1S/C40H53F3N6O9S/c1-8-57-25-13-14-27-28(18-25)45-33(31(44-27)40(41,42)43)58-26-19-29-32(50)46-39(35(52)47-59(55,56)38(7)15-16-38)20-24(39)12-10-9-11-22(2)17-23(3)30(34(51)48(29)21-26)49(36(53)54)37(4,5)6/h10,12-14,18,22-24,26,29-30H,8-9,11,15-17,19-21H2,1-7H3,(H,46,50)(H,47,52)(H,53,54)/t22-,23+,24+,26+,29-,30-,39+/m0/s1. The summed E-state index contributed by atoms with van der Waals surface area (Å²) in [5.41, 5.74) is -4.33. The molecule has 4 amide bonds. The van der Waals surface area contributed by atoms with Gasteiger partial charge in [0.05, 0.1) is 28.9 Å². The number of hydrogen-bond acceptors (Lipinski definition) is 10. The van der Waals surface area contributed by atoms with Crippen LogP contribution in [-0.4, -0.2) is 104 Å². The van der Waals surface area contributed by atoms with Gasteiger partial charge in [0.15, 0.2) is 0 Å². The van der Waals surface area contributed by atoms with Crippen LogP contribution in [0.2, 0.25) is 0 Å². The number of ether oxygens (including phenoxy) is 2. The van der Waals surface area contributed by atoms with Crippen LogP contribution in [-0.2, 0) is 30.6 Å².